The molecule has 13 heteroatoms. The zero-order valence-electron chi connectivity index (χ0n) is 25.3. The molecule has 1 aliphatic rings. The number of ether oxygens (including phenoxy) is 1. The average molecular weight is 634 g/mol. The zero-order chi connectivity index (χ0) is 32.2. The molecule has 47 heavy (non-hydrogen) atoms. The second-order valence-corrected chi connectivity index (χ2v) is 11.5. The maximum atomic E-state index is 11.1. The first-order chi connectivity index (χ1) is 23.1. The number of fused-ring (bicyclic) bond motifs is 1. The molecule has 0 bridgehead atoms. The van der Waals surface area contributed by atoms with Crippen molar-refractivity contribution in [1.82, 2.24) is 34.7 Å². The van der Waals surface area contributed by atoms with Crippen molar-refractivity contribution in [2.24, 2.45) is 0 Å². The van der Waals surface area contributed by atoms with Gasteiger partial charge in [-0.3, -0.25) is 4.57 Å². The second kappa shape index (κ2) is 13.6. The van der Waals surface area contributed by atoms with Gasteiger partial charge in [-0.1, -0.05) is 91.0 Å². The molecule has 1 fully saturated rings. The number of imidazole rings is 1. The van der Waals surface area contributed by atoms with Crippen LogP contribution in [0.1, 0.15) is 40.8 Å². The van der Waals surface area contributed by atoms with Crippen LogP contribution < -0.4 is 10.6 Å². The lowest BCUT2D eigenvalue weighted by atomic mass is 9.91. The topological polar surface area (TPSA) is 179 Å². The van der Waals surface area contributed by atoms with E-state index in [2.05, 4.69) is 55.1 Å². The van der Waals surface area contributed by atoms with Gasteiger partial charge in [0, 0.05) is 12.5 Å². The Bertz CT molecular complexity index is 1830. The molecule has 240 valence electrons. The number of aromatic nitrogens is 7. The molecule has 7 rings (SSSR count). The molecule has 0 radical (unpaired) electrons. The quantitative estimate of drug-likeness (QED) is 0.117. The number of anilines is 2. The van der Waals surface area contributed by atoms with Crippen molar-refractivity contribution in [3.63, 3.8) is 0 Å². The number of aliphatic hydroxyl groups is 3. The van der Waals surface area contributed by atoms with E-state index in [4.69, 9.17) is 14.7 Å². The molecule has 0 spiro atoms. The van der Waals surface area contributed by atoms with Crippen LogP contribution in [0.5, 0.6) is 0 Å². The number of hydrogen-bond acceptors (Lipinski definition) is 11. The lowest BCUT2D eigenvalue weighted by molar-refractivity contribution is -0.0382. The number of aromatic amines is 1. The smallest absolute Gasteiger partial charge is 0.227 e. The van der Waals surface area contributed by atoms with Crippen molar-refractivity contribution in [3.05, 3.63) is 126 Å². The standard InChI is InChI=1S/C34H35N9O4/c44-18-24(16-21-10-4-1-5-11-21)39-34-40-30(35-17-25(22-12-6-2-7-13-22)23-14-8-3-9-15-23)26-32(41-34)43(20-37-26)33-28(46)27(45)29(47-33)31-36-19-38-42-31/h1-15,19-20,24-25,27-29,33,44-46H,16-18H2,(H,36,38,42)(H2,35,39,40,41)/t24?,27-,28+,29-,33+/m0/s1. The molecule has 13 nitrogen and oxygen atoms in total. The average Bonchev–Trinajstić information content (AvgIpc) is 3.86. The van der Waals surface area contributed by atoms with Gasteiger partial charge < -0.3 is 35.7 Å². The number of nitrogens with zero attached hydrogens (tertiary/aromatic N) is 6. The van der Waals surface area contributed by atoms with Gasteiger partial charge in [-0.05, 0) is 23.1 Å². The van der Waals surface area contributed by atoms with Crippen LogP contribution in [0.2, 0.25) is 0 Å². The van der Waals surface area contributed by atoms with Gasteiger partial charge in [-0.25, -0.2) is 4.98 Å². The molecular formula is C34H35N9O4. The van der Waals surface area contributed by atoms with Crippen LogP contribution in [0.25, 0.3) is 11.2 Å². The summed E-state index contributed by atoms with van der Waals surface area (Å²) in [6.07, 6.45) is -1.11. The van der Waals surface area contributed by atoms with Crippen LogP contribution >= 0.6 is 0 Å². The highest BCUT2D eigenvalue weighted by Crippen LogP contribution is 2.39. The molecule has 5 atom stereocenters. The number of hydrogen-bond donors (Lipinski definition) is 6. The van der Waals surface area contributed by atoms with E-state index in [-0.39, 0.29) is 24.5 Å². The number of nitrogens with one attached hydrogen (secondary N) is 3. The Morgan fingerprint density at radius 3 is 2.19 bits per heavy atom. The van der Waals surface area contributed by atoms with E-state index in [0.717, 1.165) is 16.7 Å². The summed E-state index contributed by atoms with van der Waals surface area (Å²) >= 11 is 0. The number of benzene rings is 3. The fraction of sp³-hybridized carbons (Fsp3) is 0.265. The van der Waals surface area contributed by atoms with Gasteiger partial charge in [0.05, 0.1) is 19.0 Å². The van der Waals surface area contributed by atoms with E-state index < -0.39 is 24.5 Å². The summed E-state index contributed by atoms with van der Waals surface area (Å²) in [4.78, 5) is 17.1. The van der Waals surface area contributed by atoms with Crippen molar-refractivity contribution in [1.29, 1.82) is 0 Å². The van der Waals surface area contributed by atoms with E-state index in [0.29, 0.717) is 35.8 Å². The molecular weight excluding hydrogens is 598 g/mol. The predicted molar refractivity (Wildman–Crippen MR) is 174 cm³/mol. The molecule has 0 amide bonds. The third-order valence-electron chi connectivity index (χ3n) is 8.40. The zero-order valence-corrected chi connectivity index (χ0v) is 25.3. The lowest BCUT2D eigenvalue weighted by Gasteiger charge is -2.21. The molecule has 1 aliphatic heterocycles. The highest BCUT2D eigenvalue weighted by Gasteiger charge is 2.46. The maximum absolute atomic E-state index is 11.1. The first-order valence-electron chi connectivity index (χ1n) is 15.5. The van der Waals surface area contributed by atoms with E-state index >= 15 is 0 Å². The van der Waals surface area contributed by atoms with E-state index in [1.807, 2.05) is 66.7 Å². The van der Waals surface area contributed by atoms with Gasteiger partial charge >= 0.3 is 0 Å². The summed E-state index contributed by atoms with van der Waals surface area (Å²) in [5, 5.41) is 46.8. The van der Waals surface area contributed by atoms with Crippen molar-refractivity contribution in [2.45, 2.75) is 42.9 Å². The van der Waals surface area contributed by atoms with E-state index in [9.17, 15) is 15.3 Å². The molecule has 0 aliphatic carbocycles. The number of H-pyrrole nitrogens is 1. The van der Waals surface area contributed by atoms with E-state index in [1.165, 1.54) is 12.7 Å². The van der Waals surface area contributed by atoms with Gasteiger partial charge in [0.25, 0.3) is 0 Å². The van der Waals surface area contributed by atoms with Crippen LogP contribution in [0.3, 0.4) is 0 Å². The third kappa shape index (κ3) is 6.42. The Hall–Kier alpha value is -5.21. The summed E-state index contributed by atoms with van der Waals surface area (Å²) < 4.78 is 7.68. The molecule has 4 heterocycles. The maximum Gasteiger partial charge on any atom is 0.227 e. The van der Waals surface area contributed by atoms with Crippen molar-refractivity contribution in [2.75, 3.05) is 23.8 Å². The summed E-state index contributed by atoms with van der Waals surface area (Å²) in [5.74, 6) is 1.02. The Morgan fingerprint density at radius 1 is 0.872 bits per heavy atom. The van der Waals surface area contributed by atoms with Crippen LogP contribution in [0.15, 0.2) is 104 Å². The highest BCUT2D eigenvalue weighted by molar-refractivity contribution is 5.84. The summed E-state index contributed by atoms with van der Waals surface area (Å²) in [6, 6.07) is 29.9. The normalized spacial score (nSPS) is 20.1. The highest BCUT2D eigenvalue weighted by atomic mass is 16.6. The lowest BCUT2D eigenvalue weighted by Crippen LogP contribution is -2.29. The minimum absolute atomic E-state index is 0.00183. The molecule has 6 N–H and O–H groups in total. The Labute approximate surface area is 270 Å². The van der Waals surface area contributed by atoms with Crippen molar-refractivity contribution in [3.8, 4) is 0 Å². The van der Waals surface area contributed by atoms with Crippen LogP contribution in [-0.2, 0) is 11.2 Å². The Kier molecular flexibility index (Phi) is 8.84. The van der Waals surface area contributed by atoms with Crippen LogP contribution in [0.4, 0.5) is 11.8 Å². The SMILES string of the molecule is OCC(Cc1ccccc1)Nc1nc(NCC(c2ccccc2)c2ccccc2)c2ncn([C@@H]3O[C@H](c4nnc[nH]4)[C@@H](O)[C@H]3O)c2n1. The van der Waals surface area contributed by atoms with Gasteiger partial charge in [0.2, 0.25) is 5.95 Å². The minimum atomic E-state index is -1.31. The van der Waals surface area contributed by atoms with Crippen molar-refractivity contribution < 1.29 is 20.1 Å². The summed E-state index contributed by atoms with van der Waals surface area (Å²) in [5.41, 5.74) is 4.14. The van der Waals surface area contributed by atoms with Gasteiger partial charge in [-0.15, -0.1) is 10.2 Å². The summed E-state index contributed by atoms with van der Waals surface area (Å²) in [7, 11) is 0. The molecule has 1 saturated heterocycles. The fourth-order valence-electron chi connectivity index (χ4n) is 6.00. The number of aliphatic hydroxyl groups excluding tert-OH is 3. The van der Waals surface area contributed by atoms with Crippen LogP contribution in [-0.4, -0.2) is 81.4 Å². The molecule has 3 aromatic carbocycles. The molecule has 6 aromatic rings. The predicted octanol–water partition coefficient (Wildman–Crippen LogP) is 3.20. The minimum Gasteiger partial charge on any atom is -0.394 e. The van der Waals surface area contributed by atoms with Gasteiger partial charge in [0.1, 0.15) is 24.6 Å². The monoisotopic (exact) mass is 633 g/mol. The summed E-state index contributed by atoms with van der Waals surface area (Å²) in [6.45, 7) is 0.340. The molecule has 1 unspecified atom stereocenters. The molecule has 0 saturated carbocycles. The first-order valence-corrected chi connectivity index (χ1v) is 15.5. The second-order valence-electron chi connectivity index (χ2n) is 11.5. The van der Waals surface area contributed by atoms with Crippen LogP contribution in [0, 0.1) is 0 Å². The van der Waals surface area contributed by atoms with Gasteiger partial charge in [-0.2, -0.15) is 9.97 Å². The Balaban J connectivity index is 1.25. The van der Waals surface area contributed by atoms with Crippen molar-refractivity contribution >= 4 is 22.9 Å². The largest absolute Gasteiger partial charge is 0.394 e. The Morgan fingerprint density at radius 2 is 1.55 bits per heavy atom. The first kappa shape index (κ1) is 30.4. The fourth-order valence-corrected chi connectivity index (χ4v) is 6.00. The third-order valence-corrected chi connectivity index (χ3v) is 8.40. The van der Waals surface area contributed by atoms with Gasteiger partial charge in [0.15, 0.2) is 29.0 Å². The molecule has 3 aromatic heterocycles. The number of rotatable bonds is 12. The van der Waals surface area contributed by atoms with E-state index in [1.54, 1.807) is 4.57 Å².